The first-order valence-corrected chi connectivity index (χ1v) is 17.6. The van der Waals surface area contributed by atoms with Crippen molar-refractivity contribution < 1.29 is 28.7 Å². The van der Waals surface area contributed by atoms with Crippen molar-refractivity contribution in [1.82, 2.24) is 19.8 Å². The van der Waals surface area contributed by atoms with E-state index in [1.165, 1.54) is 7.11 Å². The third kappa shape index (κ3) is 8.33. The molecule has 0 saturated carbocycles. The number of hydrogen-bond acceptors (Lipinski definition) is 10. The van der Waals surface area contributed by atoms with E-state index < -0.39 is 12.0 Å². The number of rotatable bonds is 11. The van der Waals surface area contributed by atoms with Gasteiger partial charge in [-0.2, -0.15) is 4.98 Å². The van der Waals surface area contributed by atoms with Crippen LogP contribution in [0.5, 0.6) is 11.5 Å². The standard InChI is InChI=1S/C36H44N6O6S/c1-6-7-10-31(43)40-16-18-41(19-17-40)36-37-27-21-30(48-5)29(47-4)20-26(27)32(39-36)38-33(44)28-9-8-15-42(28)34(45)24(3)22-49-35(46)25-13-11-23(2)12-14-25/h7,10-14,20-21,24,28H,6,8-9,15-19,22H2,1-5H3,(H,37,38,39,44)/t24?,28-/m0/s1. The van der Waals surface area contributed by atoms with Crippen molar-refractivity contribution in [3.8, 4) is 11.5 Å². The number of aryl methyl sites for hydroxylation is 1. The van der Waals surface area contributed by atoms with Crippen LogP contribution in [0.4, 0.5) is 11.8 Å². The van der Waals surface area contributed by atoms with Gasteiger partial charge in [0.25, 0.3) is 0 Å². The molecule has 3 amide bonds. The van der Waals surface area contributed by atoms with Crippen LogP contribution in [0.2, 0.25) is 0 Å². The monoisotopic (exact) mass is 688 g/mol. The molecule has 1 unspecified atom stereocenters. The lowest BCUT2D eigenvalue weighted by Gasteiger charge is -2.34. The normalized spacial score (nSPS) is 17.0. The van der Waals surface area contributed by atoms with Crippen molar-refractivity contribution in [2.75, 3.05) is 62.9 Å². The molecule has 1 N–H and O–H groups in total. The molecule has 0 radical (unpaired) electrons. The maximum absolute atomic E-state index is 13.9. The van der Waals surface area contributed by atoms with Crippen LogP contribution >= 0.6 is 11.8 Å². The number of fused-ring (bicyclic) bond motifs is 1. The molecule has 2 fully saturated rings. The molecular formula is C36H44N6O6S. The van der Waals surface area contributed by atoms with Crippen molar-refractivity contribution in [1.29, 1.82) is 0 Å². The Balaban J connectivity index is 1.33. The molecule has 3 aromatic rings. The number of hydrogen-bond donors (Lipinski definition) is 1. The van der Waals surface area contributed by atoms with Crippen LogP contribution in [-0.2, 0) is 14.4 Å². The molecule has 0 aliphatic carbocycles. The average Bonchev–Trinajstić information content (AvgIpc) is 3.62. The Morgan fingerprint density at radius 1 is 1.00 bits per heavy atom. The first-order chi connectivity index (χ1) is 23.6. The molecule has 2 aliphatic rings. The largest absolute Gasteiger partial charge is 0.493 e. The summed E-state index contributed by atoms with van der Waals surface area (Å²) in [4.78, 5) is 67.8. The quantitative estimate of drug-likeness (QED) is 0.283. The van der Waals surface area contributed by atoms with E-state index in [0.29, 0.717) is 91.0 Å². The molecule has 2 aromatic carbocycles. The SMILES string of the molecule is CCC=CC(=O)N1CCN(c2nc(NC(=O)[C@@H]3CCCN3C(=O)C(C)CSC(=O)c3ccc(C)cc3)c3cc(OC)c(OC)cc3n2)CC1. The van der Waals surface area contributed by atoms with Gasteiger partial charge in [0, 0.05) is 61.4 Å². The highest BCUT2D eigenvalue weighted by Gasteiger charge is 2.37. The number of thioether (sulfide) groups is 1. The van der Waals surface area contributed by atoms with Gasteiger partial charge in [-0.25, -0.2) is 4.98 Å². The molecule has 1 aromatic heterocycles. The first-order valence-electron chi connectivity index (χ1n) is 16.6. The van der Waals surface area contributed by atoms with E-state index >= 15 is 0 Å². The van der Waals surface area contributed by atoms with Crippen LogP contribution in [-0.4, -0.2) is 101 Å². The van der Waals surface area contributed by atoms with Crippen LogP contribution in [0.25, 0.3) is 10.9 Å². The van der Waals surface area contributed by atoms with E-state index in [4.69, 9.17) is 19.4 Å². The second-order valence-electron chi connectivity index (χ2n) is 12.3. The maximum Gasteiger partial charge on any atom is 0.248 e. The van der Waals surface area contributed by atoms with Crippen LogP contribution in [0.1, 0.15) is 49.0 Å². The van der Waals surface area contributed by atoms with Gasteiger partial charge >= 0.3 is 0 Å². The Morgan fingerprint density at radius 3 is 2.37 bits per heavy atom. The minimum atomic E-state index is -0.688. The number of nitrogens with zero attached hydrogens (tertiary/aromatic N) is 5. The fraction of sp³-hybridized carbons (Fsp3) is 0.444. The van der Waals surface area contributed by atoms with Crippen LogP contribution in [0, 0.1) is 12.8 Å². The van der Waals surface area contributed by atoms with Crippen molar-refractivity contribution in [2.45, 2.75) is 46.1 Å². The molecule has 13 heteroatoms. The van der Waals surface area contributed by atoms with Gasteiger partial charge in [0.15, 0.2) is 11.5 Å². The molecule has 2 saturated heterocycles. The molecule has 5 rings (SSSR count). The number of aromatic nitrogens is 2. The zero-order valence-corrected chi connectivity index (χ0v) is 29.5. The molecular weight excluding hydrogens is 644 g/mol. The van der Waals surface area contributed by atoms with Gasteiger partial charge in [0.1, 0.15) is 11.9 Å². The van der Waals surface area contributed by atoms with Gasteiger partial charge < -0.3 is 29.5 Å². The smallest absolute Gasteiger partial charge is 0.248 e. The average molecular weight is 689 g/mol. The minimum Gasteiger partial charge on any atom is -0.493 e. The summed E-state index contributed by atoms with van der Waals surface area (Å²) in [5.41, 5.74) is 2.21. The molecule has 0 bridgehead atoms. The molecule has 3 heterocycles. The summed E-state index contributed by atoms with van der Waals surface area (Å²) in [5, 5.41) is 3.48. The molecule has 260 valence electrons. The Kier molecular flexibility index (Phi) is 11.8. The number of benzene rings is 2. The van der Waals surface area contributed by atoms with Gasteiger partial charge in [-0.3, -0.25) is 19.2 Å². The molecule has 2 atom stereocenters. The fourth-order valence-corrected chi connectivity index (χ4v) is 6.81. The number of amides is 3. The fourth-order valence-electron chi connectivity index (χ4n) is 5.96. The molecule has 0 spiro atoms. The topological polar surface area (TPSA) is 134 Å². The lowest BCUT2D eigenvalue weighted by atomic mass is 10.1. The summed E-state index contributed by atoms with van der Waals surface area (Å²) in [7, 11) is 3.07. The number of ether oxygens (including phenoxy) is 2. The van der Waals surface area contributed by atoms with E-state index in [0.717, 1.165) is 23.7 Å². The van der Waals surface area contributed by atoms with Gasteiger partial charge in [0.05, 0.1) is 19.7 Å². The van der Waals surface area contributed by atoms with Gasteiger partial charge in [0.2, 0.25) is 28.8 Å². The van der Waals surface area contributed by atoms with E-state index in [-0.39, 0.29) is 22.8 Å². The highest BCUT2D eigenvalue weighted by molar-refractivity contribution is 8.14. The number of likely N-dealkylation sites (tertiary alicyclic amines) is 1. The minimum absolute atomic E-state index is 0.0212. The highest BCUT2D eigenvalue weighted by Crippen LogP contribution is 2.35. The van der Waals surface area contributed by atoms with Crippen LogP contribution in [0.15, 0.2) is 48.6 Å². The van der Waals surface area contributed by atoms with Crippen molar-refractivity contribution >= 4 is 57.3 Å². The van der Waals surface area contributed by atoms with Gasteiger partial charge in [-0.1, -0.05) is 61.5 Å². The number of carbonyl (C=O) groups is 4. The number of anilines is 2. The zero-order valence-electron chi connectivity index (χ0n) is 28.7. The first kappa shape index (κ1) is 35.7. The number of carbonyl (C=O) groups excluding carboxylic acids is 4. The van der Waals surface area contributed by atoms with E-state index in [2.05, 4.69) is 5.32 Å². The molecule has 49 heavy (non-hydrogen) atoms. The second-order valence-corrected chi connectivity index (χ2v) is 13.3. The predicted molar refractivity (Wildman–Crippen MR) is 191 cm³/mol. The Bertz CT molecular complexity index is 1720. The van der Waals surface area contributed by atoms with Crippen molar-refractivity contribution in [3.05, 3.63) is 59.7 Å². The number of nitrogens with one attached hydrogen (secondary N) is 1. The summed E-state index contributed by atoms with van der Waals surface area (Å²) in [5.74, 6) is 0.963. The van der Waals surface area contributed by atoms with Gasteiger partial charge in [-0.15, -0.1) is 0 Å². The summed E-state index contributed by atoms with van der Waals surface area (Å²) in [6.07, 6.45) is 5.44. The predicted octanol–water partition coefficient (Wildman–Crippen LogP) is 4.71. The van der Waals surface area contributed by atoms with Crippen LogP contribution < -0.4 is 19.7 Å². The lowest BCUT2D eigenvalue weighted by molar-refractivity contribution is -0.139. The van der Waals surface area contributed by atoms with E-state index in [9.17, 15) is 19.2 Å². The highest BCUT2D eigenvalue weighted by atomic mass is 32.2. The Hall–Kier alpha value is -4.65. The summed E-state index contributed by atoms with van der Waals surface area (Å²) in [6, 6.07) is 10.1. The van der Waals surface area contributed by atoms with E-state index in [1.807, 2.05) is 37.0 Å². The Labute approximate surface area is 291 Å². The van der Waals surface area contributed by atoms with Crippen molar-refractivity contribution in [3.63, 3.8) is 0 Å². The third-order valence-electron chi connectivity index (χ3n) is 8.81. The second kappa shape index (κ2) is 16.2. The summed E-state index contributed by atoms with van der Waals surface area (Å²) < 4.78 is 11.1. The van der Waals surface area contributed by atoms with E-state index in [1.54, 1.807) is 54.2 Å². The van der Waals surface area contributed by atoms with Crippen molar-refractivity contribution in [2.24, 2.45) is 5.92 Å². The Morgan fingerprint density at radius 2 is 1.69 bits per heavy atom. The lowest BCUT2D eigenvalue weighted by Crippen LogP contribution is -2.49. The maximum atomic E-state index is 13.9. The zero-order chi connectivity index (χ0) is 35.1. The molecule has 12 nitrogen and oxygen atoms in total. The number of allylic oxidation sites excluding steroid dienone is 1. The number of piperazine rings is 1. The van der Waals surface area contributed by atoms with Gasteiger partial charge in [-0.05, 0) is 38.3 Å². The number of methoxy groups -OCH3 is 2. The summed E-state index contributed by atoms with van der Waals surface area (Å²) >= 11 is 1.12. The summed E-state index contributed by atoms with van der Waals surface area (Å²) in [6.45, 7) is 8.25. The van der Waals surface area contributed by atoms with Crippen LogP contribution in [0.3, 0.4) is 0 Å². The third-order valence-corrected chi connectivity index (χ3v) is 9.98. The molecule has 2 aliphatic heterocycles.